The maximum atomic E-state index is 13.1. The Morgan fingerprint density at radius 1 is 1.00 bits per heavy atom. The highest BCUT2D eigenvalue weighted by Crippen LogP contribution is 2.36. The SMILES string of the molecule is Cc1c(-c2ccccc2)sc2nc(-c3ccc(F)cc3)[nH]c(=O)c12. The fraction of sp³-hybridized carbons (Fsp3) is 0.0526. The number of H-pyrrole nitrogens is 1. The average molecular weight is 336 g/mol. The Balaban J connectivity index is 1.93. The molecule has 0 bridgehead atoms. The Hall–Kier alpha value is -2.79. The number of nitrogens with zero attached hydrogens (tertiary/aromatic N) is 1. The van der Waals surface area contributed by atoms with Gasteiger partial charge in [0.25, 0.3) is 5.56 Å². The molecule has 0 aliphatic rings. The monoisotopic (exact) mass is 336 g/mol. The standard InChI is InChI=1S/C19H13FN2OS/c1-11-15-18(23)21-17(13-7-9-14(20)10-8-13)22-19(15)24-16(11)12-5-3-2-4-6-12/h2-10H,1H3,(H,21,22,23). The lowest BCUT2D eigenvalue weighted by Crippen LogP contribution is -2.09. The molecule has 0 radical (unpaired) electrons. The van der Waals surface area contributed by atoms with Crippen LogP contribution in [0.2, 0.25) is 0 Å². The number of aromatic nitrogens is 2. The van der Waals surface area contributed by atoms with Gasteiger partial charge in [-0.2, -0.15) is 0 Å². The Labute approximate surface area is 141 Å². The largest absolute Gasteiger partial charge is 0.306 e. The predicted octanol–water partition coefficient (Wildman–Crippen LogP) is 4.77. The Kier molecular flexibility index (Phi) is 3.50. The van der Waals surface area contributed by atoms with E-state index in [1.807, 2.05) is 37.3 Å². The molecular weight excluding hydrogens is 323 g/mol. The molecule has 4 aromatic rings. The second-order valence-electron chi connectivity index (χ2n) is 5.52. The second kappa shape index (κ2) is 5.69. The van der Waals surface area contributed by atoms with Crippen molar-refractivity contribution in [3.8, 4) is 21.8 Å². The molecule has 4 rings (SSSR count). The minimum Gasteiger partial charge on any atom is -0.306 e. The number of rotatable bonds is 2. The molecule has 2 aromatic heterocycles. The zero-order valence-electron chi connectivity index (χ0n) is 12.8. The van der Waals surface area contributed by atoms with Crippen LogP contribution >= 0.6 is 11.3 Å². The molecule has 0 saturated carbocycles. The van der Waals surface area contributed by atoms with E-state index in [0.717, 1.165) is 16.0 Å². The van der Waals surface area contributed by atoms with Crippen LogP contribution in [0.5, 0.6) is 0 Å². The first-order valence-electron chi connectivity index (χ1n) is 7.48. The summed E-state index contributed by atoms with van der Waals surface area (Å²) >= 11 is 1.50. The second-order valence-corrected chi connectivity index (χ2v) is 6.52. The third-order valence-corrected chi connectivity index (χ3v) is 5.19. The van der Waals surface area contributed by atoms with Crippen molar-refractivity contribution in [2.75, 3.05) is 0 Å². The van der Waals surface area contributed by atoms with Crippen molar-refractivity contribution in [3.05, 3.63) is 76.3 Å². The van der Waals surface area contributed by atoms with Gasteiger partial charge in [0.1, 0.15) is 16.5 Å². The molecule has 3 nitrogen and oxygen atoms in total. The van der Waals surface area contributed by atoms with Gasteiger partial charge in [0, 0.05) is 10.4 Å². The van der Waals surface area contributed by atoms with Crippen LogP contribution in [0, 0.1) is 12.7 Å². The molecule has 24 heavy (non-hydrogen) atoms. The Morgan fingerprint density at radius 2 is 1.71 bits per heavy atom. The maximum absolute atomic E-state index is 13.1. The molecule has 0 atom stereocenters. The van der Waals surface area contributed by atoms with E-state index in [0.29, 0.717) is 21.6 Å². The Morgan fingerprint density at radius 3 is 2.42 bits per heavy atom. The fourth-order valence-electron chi connectivity index (χ4n) is 2.75. The van der Waals surface area contributed by atoms with Crippen molar-refractivity contribution in [1.29, 1.82) is 0 Å². The van der Waals surface area contributed by atoms with Gasteiger partial charge >= 0.3 is 0 Å². The van der Waals surface area contributed by atoms with E-state index in [1.165, 1.54) is 23.5 Å². The number of aromatic amines is 1. The summed E-state index contributed by atoms with van der Waals surface area (Å²) in [5, 5.41) is 0.615. The molecule has 2 aromatic carbocycles. The number of thiophene rings is 1. The zero-order chi connectivity index (χ0) is 16.7. The lowest BCUT2D eigenvalue weighted by Gasteiger charge is -2.01. The van der Waals surface area contributed by atoms with Gasteiger partial charge in [0.2, 0.25) is 0 Å². The molecule has 0 saturated heterocycles. The van der Waals surface area contributed by atoms with Crippen LogP contribution < -0.4 is 5.56 Å². The number of hydrogen-bond donors (Lipinski definition) is 1. The molecule has 1 N–H and O–H groups in total. The first-order chi connectivity index (χ1) is 11.6. The van der Waals surface area contributed by atoms with Gasteiger partial charge in [-0.05, 0) is 42.3 Å². The molecule has 2 heterocycles. The first kappa shape index (κ1) is 14.8. The van der Waals surface area contributed by atoms with Crippen LogP contribution in [0.4, 0.5) is 4.39 Å². The van der Waals surface area contributed by atoms with E-state index in [2.05, 4.69) is 9.97 Å². The molecule has 0 spiro atoms. The quantitative estimate of drug-likeness (QED) is 0.573. The molecular formula is C19H13FN2OS. The normalized spacial score (nSPS) is 11.1. The third-order valence-electron chi connectivity index (χ3n) is 3.95. The highest BCUT2D eigenvalue weighted by Gasteiger charge is 2.15. The van der Waals surface area contributed by atoms with E-state index in [-0.39, 0.29) is 11.4 Å². The van der Waals surface area contributed by atoms with Crippen LogP contribution in [0.25, 0.3) is 32.0 Å². The highest BCUT2D eigenvalue weighted by molar-refractivity contribution is 7.22. The number of halogens is 1. The number of hydrogen-bond acceptors (Lipinski definition) is 3. The molecule has 0 amide bonds. The lowest BCUT2D eigenvalue weighted by atomic mass is 10.1. The number of benzene rings is 2. The minimum atomic E-state index is -0.319. The van der Waals surface area contributed by atoms with Gasteiger partial charge in [-0.25, -0.2) is 9.37 Å². The smallest absolute Gasteiger partial charge is 0.260 e. The summed E-state index contributed by atoms with van der Waals surface area (Å²) in [7, 11) is 0. The number of fused-ring (bicyclic) bond motifs is 1. The third kappa shape index (κ3) is 2.43. The van der Waals surface area contributed by atoms with Crippen molar-refractivity contribution in [2.24, 2.45) is 0 Å². The van der Waals surface area contributed by atoms with E-state index in [1.54, 1.807) is 12.1 Å². The van der Waals surface area contributed by atoms with Crippen molar-refractivity contribution in [1.82, 2.24) is 9.97 Å². The summed E-state index contributed by atoms with van der Waals surface area (Å²) in [6.45, 7) is 1.94. The van der Waals surface area contributed by atoms with Gasteiger partial charge in [0.15, 0.2) is 0 Å². The van der Waals surface area contributed by atoms with Gasteiger partial charge in [0.05, 0.1) is 5.39 Å². The zero-order valence-corrected chi connectivity index (χ0v) is 13.7. The van der Waals surface area contributed by atoms with Crippen molar-refractivity contribution < 1.29 is 4.39 Å². The fourth-order valence-corrected chi connectivity index (χ4v) is 3.94. The summed E-state index contributed by atoms with van der Waals surface area (Å²) in [5.74, 6) is 0.133. The molecule has 0 unspecified atom stereocenters. The van der Waals surface area contributed by atoms with Crippen molar-refractivity contribution >= 4 is 21.6 Å². The number of aryl methyl sites for hydroxylation is 1. The highest BCUT2D eigenvalue weighted by atomic mass is 32.1. The maximum Gasteiger partial charge on any atom is 0.260 e. The van der Waals surface area contributed by atoms with Gasteiger partial charge < -0.3 is 4.98 Å². The summed E-state index contributed by atoms with van der Waals surface area (Å²) in [4.78, 5) is 21.7. The van der Waals surface area contributed by atoms with Crippen molar-refractivity contribution in [2.45, 2.75) is 6.92 Å². The molecule has 118 valence electrons. The molecule has 5 heteroatoms. The summed E-state index contributed by atoms with van der Waals surface area (Å²) in [6, 6.07) is 15.9. The Bertz CT molecular complexity index is 1080. The van der Waals surface area contributed by atoms with E-state index < -0.39 is 0 Å². The van der Waals surface area contributed by atoms with Gasteiger partial charge in [-0.1, -0.05) is 30.3 Å². The lowest BCUT2D eigenvalue weighted by molar-refractivity contribution is 0.628. The predicted molar refractivity (Wildman–Crippen MR) is 95.8 cm³/mol. The van der Waals surface area contributed by atoms with Gasteiger partial charge in [-0.3, -0.25) is 4.79 Å². The minimum absolute atomic E-state index is 0.171. The van der Waals surface area contributed by atoms with Crippen LogP contribution in [0.1, 0.15) is 5.56 Å². The van der Waals surface area contributed by atoms with E-state index >= 15 is 0 Å². The molecule has 0 aliphatic heterocycles. The number of nitrogens with one attached hydrogen (secondary N) is 1. The van der Waals surface area contributed by atoms with Crippen LogP contribution in [0.15, 0.2) is 59.4 Å². The van der Waals surface area contributed by atoms with Crippen LogP contribution in [-0.2, 0) is 0 Å². The average Bonchev–Trinajstić information content (AvgIpc) is 2.93. The summed E-state index contributed by atoms with van der Waals surface area (Å²) in [5.41, 5.74) is 2.51. The molecule has 0 fully saturated rings. The summed E-state index contributed by atoms with van der Waals surface area (Å²) < 4.78 is 13.1. The van der Waals surface area contributed by atoms with Gasteiger partial charge in [-0.15, -0.1) is 11.3 Å². The molecule has 0 aliphatic carbocycles. The van der Waals surface area contributed by atoms with E-state index in [4.69, 9.17) is 0 Å². The van der Waals surface area contributed by atoms with Crippen LogP contribution in [0.3, 0.4) is 0 Å². The van der Waals surface area contributed by atoms with E-state index in [9.17, 15) is 9.18 Å². The van der Waals surface area contributed by atoms with Crippen molar-refractivity contribution in [3.63, 3.8) is 0 Å². The first-order valence-corrected chi connectivity index (χ1v) is 8.30. The summed E-state index contributed by atoms with van der Waals surface area (Å²) in [6.07, 6.45) is 0. The van der Waals surface area contributed by atoms with Crippen LogP contribution in [-0.4, -0.2) is 9.97 Å². The topological polar surface area (TPSA) is 45.8 Å².